The lowest BCUT2D eigenvalue weighted by molar-refractivity contribution is -0.387. The molecular weight excluding hydrogens is 538 g/mol. The van der Waals surface area contributed by atoms with Gasteiger partial charge in [-0.3, -0.25) is 14.9 Å². The highest BCUT2D eigenvalue weighted by Gasteiger charge is 2.20. The molecular formula is C29H20ClN3O3S2. The van der Waals surface area contributed by atoms with Crippen molar-refractivity contribution in [3.05, 3.63) is 122 Å². The van der Waals surface area contributed by atoms with E-state index >= 15 is 0 Å². The summed E-state index contributed by atoms with van der Waals surface area (Å²) in [5.41, 5.74) is 3.24. The quantitative estimate of drug-likeness (QED) is 0.123. The lowest BCUT2D eigenvalue weighted by Crippen LogP contribution is -2.13. The predicted octanol–water partition coefficient (Wildman–Crippen LogP) is 8.50. The molecule has 1 aromatic heterocycles. The maximum absolute atomic E-state index is 13.4. The number of nitrogens with zero attached hydrogens (tertiary/aromatic N) is 2. The van der Waals surface area contributed by atoms with Gasteiger partial charge in [-0.1, -0.05) is 59.3 Å². The van der Waals surface area contributed by atoms with Crippen LogP contribution in [0.4, 0.5) is 11.4 Å². The maximum atomic E-state index is 13.4. The molecule has 0 spiro atoms. The predicted molar refractivity (Wildman–Crippen MR) is 156 cm³/mol. The van der Waals surface area contributed by atoms with Crippen molar-refractivity contribution in [2.45, 2.75) is 16.7 Å². The molecule has 0 saturated heterocycles. The molecule has 0 radical (unpaired) electrons. The zero-order chi connectivity index (χ0) is 26.6. The number of fused-ring (bicyclic) bond motifs is 1. The second kappa shape index (κ2) is 11.2. The Balaban J connectivity index is 1.54. The molecule has 4 aromatic carbocycles. The minimum absolute atomic E-state index is 0.0360. The molecule has 9 heteroatoms. The van der Waals surface area contributed by atoms with E-state index in [2.05, 4.69) is 10.3 Å². The largest absolute Gasteiger partial charge is 0.322 e. The normalized spacial score (nSPS) is 11.5. The summed E-state index contributed by atoms with van der Waals surface area (Å²) in [6.45, 7) is 1.99. The van der Waals surface area contributed by atoms with Gasteiger partial charge in [0.15, 0.2) is 0 Å². The molecule has 0 atom stereocenters. The number of rotatable bonds is 7. The fraction of sp³-hybridized carbons (Fsp3) is 0.0345. The topological polar surface area (TPSA) is 85.1 Å². The Morgan fingerprint density at radius 1 is 1.03 bits per heavy atom. The first kappa shape index (κ1) is 25.7. The van der Waals surface area contributed by atoms with Gasteiger partial charge in [0.05, 0.1) is 25.6 Å². The van der Waals surface area contributed by atoms with Crippen molar-refractivity contribution >= 4 is 73.8 Å². The first-order chi connectivity index (χ1) is 18.4. The molecule has 0 aliphatic carbocycles. The summed E-state index contributed by atoms with van der Waals surface area (Å²) >= 11 is 8.69. The fourth-order valence-electron chi connectivity index (χ4n) is 3.70. The molecule has 0 bridgehead atoms. The standard InChI is InChI=1S/C29H20ClN3O3S2/c1-18-6-13-22(14-7-18)37-27-15-8-19(17-25(27)33(35)36)16-23(28(34)31-21-11-9-20(30)10-12-21)29-32-24-4-2-3-5-26(24)38-29/h2-17H,1H3,(H,31,34). The third-order valence-electron chi connectivity index (χ3n) is 5.61. The van der Waals surface area contributed by atoms with E-state index in [4.69, 9.17) is 11.6 Å². The average molecular weight is 558 g/mol. The van der Waals surface area contributed by atoms with Crippen LogP contribution in [0.2, 0.25) is 5.02 Å². The van der Waals surface area contributed by atoms with E-state index in [0.29, 0.717) is 31.7 Å². The van der Waals surface area contributed by atoms with Crippen LogP contribution < -0.4 is 5.32 Å². The second-order valence-electron chi connectivity index (χ2n) is 8.41. The third kappa shape index (κ3) is 5.94. The molecule has 1 N–H and O–H groups in total. The molecule has 38 heavy (non-hydrogen) atoms. The molecule has 0 unspecified atom stereocenters. The van der Waals surface area contributed by atoms with Crippen molar-refractivity contribution < 1.29 is 9.72 Å². The van der Waals surface area contributed by atoms with Crippen molar-refractivity contribution in [3.8, 4) is 0 Å². The van der Waals surface area contributed by atoms with Gasteiger partial charge in [0.25, 0.3) is 11.6 Å². The zero-order valence-electron chi connectivity index (χ0n) is 20.1. The van der Waals surface area contributed by atoms with Crippen LogP contribution in [-0.4, -0.2) is 15.8 Å². The summed E-state index contributed by atoms with van der Waals surface area (Å²) in [7, 11) is 0. The number of hydrogen-bond acceptors (Lipinski definition) is 6. The lowest BCUT2D eigenvalue weighted by atomic mass is 10.1. The maximum Gasteiger partial charge on any atom is 0.283 e. The van der Waals surface area contributed by atoms with E-state index in [1.807, 2.05) is 55.5 Å². The van der Waals surface area contributed by atoms with Gasteiger partial charge in [-0.25, -0.2) is 4.98 Å². The van der Waals surface area contributed by atoms with Crippen molar-refractivity contribution in [1.82, 2.24) is 4.98 Å². The van der Waals surface area contributed by atoms with Gasteiger partial charge in [0.2, 0.25) is 0 Å². The van der Waals surface area contributed by atoms with Crippen molar-refractivity contribution in [2.75, 3.05) is 5.32 Å². The molecule has 0 aliphatic rings. The van der Waals surface area contributed by atoms with Crippen LogP contribution in [0.3, 0.4) is 0 Å². The van der Waals surface area contributed by atoms with Gasteiger partial charge >= 0.3 is 0 Å². The van der Waals surface area contributed by atoms with Gasteiger partial charge in [-0.2, -0.15) is 0 Å². The van der Waals surface area contributed by atoms with Crippen LogP contribution in [0.15, 0.2) is 101 Å². The number of nitro benzene ring substituents is 1. The highest BCUT2D eigenvalue weighted by atomic mass is 35.5. The minimum atomic E-state index is -0.404. The number of aryl methyl sites for hydroxylation is 1. The average Bonchev–Trinajstić information content (AvgIpc) is 3.34. The summed E-state index contributed by atoms with van der Waals surface area (Å²) < 4.78 is 0.934. The van der Waals surface area contributed by atoms with Gasteiger partial charge in [-0.05, 0) is 73.2 Å². The summed E-state index contributed by atoms with van der Waals surface area (Å²) in [6, 6.07) is 27.2. The van der Waals surface area contributed by atoms with Crippen LogP contribution in [0.5, 0.6) is 0 Å². The SMILES string of the molecule is Cc1ccc(Sc2ccc(C=C(C(=O)Nc3ccc(Cl)cc3)c3nc4ccccc4s3)cc2[N+](=O)[O-])cc1. The lowest BCUT2D eigenvalue weighted by Gasteiger charge is -2.09. The first-order valence-corrected chi connectivity index (χ1v) is 13.5. The summed E-state index contributed by atoms with van der Waals surface area (Å²) in [5.74, 6) is -0.382. The Bertz CT molecular complexity index is 1650. The van der Waals surface area contributed by atoms with Gasteiger partial charge in [0, 0.05) is 21.7 Å². The molecule has 1 heterocycles. The Kier molecular flexibility index (Phi) is 7.55. The molecule has 0 saturated carbocycles. The second-order valence-corrected chi connectivity index (χ2v) is 11.0. The number of para-hydroxylation sites is 1. The number of aromatic nitrogens is 1. The number of benzene rings is 4. The van der Waals surface area contributed by atoms with E-state index in [9.17, 15) is 14.9 Å². The number of nitrogens with one attached hydrogen (secondary N) is 1. The summed E-state index contributed by atoms with van der Waals surface area (Å²) in [4.78, 5) is 31.1. The van der Waals surface area contributed by atoms with Crippen LogP contribution in [0.1, 0.15) is 16.1 Å². The third-order valence-corrected chi connectivity index (χ3v) is 8.01. The zero-order valence-corrected chi connectivity index (χ0v) is 22.4. The molecule has 188 valence electrons. The number of amides is 1. The number of halogens is 1. The highest BCUT2D eigenvalue weighted by Crippen LogP contribution is 2.37. The van der Waals surface area contributed by atoms with E-state index in [1.165, 1.54) is 29.2 Å². The molecule has 0 aliphatic heterocycles. The minimum Gasteiger partial charge on any atom is -0.322 e. The summed E-state index contributed by atoms with van der Waals surface area (Å²) in [6.07, 6.45) is 1.64. The van der Waals surface area contributed by atoms with E-state index < -0.39 is 4.92 Å². The Hall–Kier alpha value is -3.98. The number of hydrogen-bond donors (Lipinski definition) is 1. The van der Waals surface area contributed by atoms with Gasteiger partial charge in [0.1, 0.15) is 5.01 Å². The van der Waals surface area contributed by atoms with Gasteiger partial charge < -0.3 is 5.32 Å². The van der Waals surface area contributed by atoms with Gasteiger partial charge in [-0.15, -0.1) is 11.3 Å². The van der Waals surface area contributed by atoms with E-state index in [0.717, 1.165) is 20.7 Å². The molecule has 0 fully saturated rings. The number of anilines is 1. The number of nitro groups is 1. The fourth-order valence-corrected chi connectivity index (χ4v) is 5.70. The van der Waals surface area contributed by atoms with Crippen LogP contribution in [0, 0.1) is 17.0 Å². The van der Waals surface area contributed by atoms with Crippen molar-refractivity contribution in [1.29, 1.82) is 0 Å². The Morgan fingerprint density at radius 3 is 2.47 bits per heavy atom. The summed E-state index contributed by atoms with van der Waals surface area (Å²) in [5, 5.41) is 15.9. The Morgan fingerprint density at radius 2 is 1.76 bits per heavy atom. The van der Waals surface area contributed by atoms with Crippen LogP contribution in [0.25, 0.3) is 21.9 Å². The van der Waals surface area contributed by atoms with Crippen molar-refractivity contribution in [2.24, 2.45) is 0 Å². The number of carbonyl (C=O) groups is 1. The number of thiazole rings is 1. The smallest absolute Gasteiger partial charge is 0.283 e. The van der Waals surface area contributed by atoms with E-state index in [-0.39, 0.29) is 11.6 Å². The van der Waals surface area contributed by atoms with Crippen LogP contribution in [-0.2, 0) is 4.79 Å². The van der Waals surface area contributed by atoms with Crippen molar-refractivity contribution in [3.63, 3.8) is 0 Å². The number of carbonyl (C=O) groups excluding carboxylic acids is 1. The Labute approximate surface area is 232 Å². The molecule has 5 rings (SSSR count). The monoisotopic (exact) mass is 557 g/mol. The first-order valence-electron chi connectivity index (χ1n) is 11.5. The molecule has 1 amide bonds. The van der Waals surface area contributed by atoms with E-state index in [1.54, 1.807) is 42.5 Å². The highest BCUT2D eigenvalue weighted by molar-refractivity contribution is 7.99. The molecule has 6 nitrogen and oxygen atoms in total. The molecule has 5 aromatic rings. The van der Waals surface area contributed by atoms with Crippen LogP contribution >= 0.6 is 34.7 Å².